The second-order valence-electron chi connectivity index (χ2n) is 4.62. The fourth-order valence-electron chi connectivity index (χ4n) is 2.52. The normalized spacial score (nSPS) is 24.9. The van der Waals surface area contributed by atoms with E-state index in [1.54, 1.807) is 6.07 Å². The highest BCUT2D eigenvalue weighted by molar-refractivity contribution is 9.10. The zero-order valence-electron chi connectivity index (χ0n) is 9.47. The van der Waals surface area contributed by atoms with Crippen LogP contribution in [-0.2, 0) is 6.42 Å². The Kier molecular flexibility index (Phi) is 3.98. The van der Waals surface area contributed by atoms with Crippen LogP contribution in [0.15, 0.2) is 22.7 Å². The van der Waals surface area contributed by atoms with Gasteiger partial charge in [-0.3, -0.25) is 0 Å². The molecule has 88 valence electrons. The second-order valence-corrected chi connectivity index (χ2v) is 5.47. The topological polar surface area (TPSA) is 12.0 Å². The van der Waals surface area contributed by atoms with Crippen LogP contribution >= 0.6 is 15.9 Å². The SMILES string of the molecule is CNC1CCC(Cc2ccc(F)c(Br)c2)C1. The third-order valence-corrected chi connectivity index (χ3v) is 4.07. The number of nitrogens with one attached hydrogen (secondary N) is 1. The predicted molar refractivity (Wildman–Crippen MR) is 68.0 cm³/mol. The van der Waals surface area contributed by atoms with E-state index in [4.69, 9.17) is 0 Å². The first-order chi connectivity index (χ1) is 7.69. The molecule has 1 aliphatic carbocycles. The van der Waals surface area contributed by atoms with Crippen molar-refractivity contribution in [2.24, 2.45) is 5.92 Å². The van der Waals surface area contributed by atoms with Gasteiger partial charge in [-0.25, -0.2) is 4.39 Å². The molecule has 1 aromatic rings. The van der Waals surface area contributed by atoms with E-state index in [2.05, 4.69) is 21.2 Å². The molecule has 1 aliphatic rings. The number of benzene rings is 1. The summed E-state index contributed by atoms with van der Waals surface area (Å²) in [4.78, 5) is 0. The standard InChI is InChI=1S/C13H17BrFN/c1-16-11-4-2-9(7-11)6-10-3-5-13(15)12(14)8-10/h3,5,8-9,11,16H,2,4,6-7H2,1H3. The van der Waals surface area contributed by atoms with Crippen LogP contribution in [0.4, 0.5) is 4.39 Å². The van der Waals surface area contributed by atoms with Crippen molar-refractivity contribution in [3.05, 3.63) is 34.1 Å². The van der Waals surface area contributed by atoms with E-state index in [0.717, 1.165) is 12.3 Å². The minimum Gasteiger partial charge on any atom is -0.317 e. The highest BCUT2D eigenvalue weighted by Crippen LogP contribution is 2.29. The zero-order valence-corrected chi connectivity index (χ0v) is 11.1. The molecule has 0 radical (unpaired) electrons. The van der Waals surface area contributed by atoms with Gasteiger partial charge in [0.15, 0.2) is 0 Å². The van der Waals surface area contributed by atoms with Crippen molar-refractivity contribution in [3.8, 4) is 0 Å². The van der Waals surface area contributed by atoms with Gasteiger partial charge >= 0.3 is 0 Å². The Balaban J connectivity index is 1.97. The Bertz CT molecular complexity index is 367. The fourth-order valence-corrected chi connectivity index (χ4v) is 2.95. The van der Waals surface area contributed by atoms with Crippen LogP contribution in [0.25, 0.3) is 0 Å². The molecular weight excluding hydrogens is 269 g/mol. The van der Waals surface area contributed by atoms with Crippen LogP contribution < -0.4 is 5.32 Å². The molecule has 0 saturated heterocycles. The molecule has 16 heavy (non-hydrogen) atoms. The van der Waals surface area contributed by atoms with Gasteiger partial charge < -0.3 is 5.32 Å². The highest BCUT2D eigenvalue weighted by atomic mass is 79.9. The van der Waals surface area contributed by atoms with E-state index in [1.165, 1.54) is 24.8 Å². The van der Waals surface area contributed by atoms with E-state index < -0.39 is 0 Å². The van der Waals surface area contributed by atoms with Crippen molar-refractivity contribution in [1.29, 1.82) is 0 Å². The summed E-state index contributed by atoms with van der Waals surface area (Å²) in [5.74, 6) is 0.568. The van der Waals surface area contributed by atoms with Crippen LogP contribution in [0.5, 0.6) is 0 Å². The molecule has 1 saturated carbocycles. The van der Waals surface area contributed by atoms with Gasteiger partial charge in [-0.1, -0.05) is 6.07 Å². The molecule has 0 spiro atoms. The number of rotatable bonds is 3. The molecule has 1 N–H and O–H groups in total. The van der Waals surface area contributed by atoms with Crippen molar-refractivity contribution in [2.45, 2.75) is 31.7 Å². The van der Waals surface area contributed by atoms with Crippen LogP contribution in [-0.4, -0.2) is 13.1 Å². The van der Waals surface area contributed by atoms with Crippen molar-refractivity contribution >= 4 is 15.9 Å². The van der Waals surface area contributed by atoms with Crippen molar-refractivity contribution < 1.29 is 4.39 Å². The Morgan fingerprint density at radius 2 is 2.25 bits per heavy atom. The molecule has 3 heteroatoms. The van der Waals surface area contributed by atoms with Gasteiger partial charge in [0.1, 0.15) is 5.82 Å². The first kappa shape index (κ1) is 12.1. The van der Waals surface area contributed by atoms with Gasteiger partial charge in [0.25, 0.3) is 0 Å². The van der Waals surface area contributed by atoms with Crippen LogP contribution in [0.1, 0.15) is 24.8 Å². The Hall–Kier alpha value is -0.410. The van der Waals surface area contributed by atoms with Gasteiger partial charge in [-0.15, -0.1) is 0 Å². The Morgan fingerprint density at radius 1 is 1.44 bits per heavy atom. The quantitative estimate of drug-likeness (QED) is 0.896. The molecule has 0 bridgehead atoms. The minimum atomic E-state index is -0.178. The molecule has 0 aliphatic heterocycles. The van der Waals surface area contributed by atoms with Crippen LogP contribution in [0.3, 0.4) is 0 Å². The lowest BCUT2D eigenvalue weighted by atomic mass is 9.98. The summed E-state index contributed by atoms with van der Waals surface area (Å²) in [6.07, 6.45) is 4.85. The van der Waals surface area contributed by atoms with Gasteiger partial charge in [-0.05, 0) is 72.3 Å². The molecule has 2 unspecified atom stereocenters. The largest absolute Gasteiger partial charge is 0.317 e. The smallest absolute Gasteiger partial charge is 0.137 e. The molecule has 2 atom stereocenters. The average molecular weight is 286 g/mol. The Morgan fingerprint density at radius 3 is 2.88 bits per heavy atom. The zero-order chi connectivity index (χ0) is 11.5. The van der Waals surface area contributed by atoms with Gasteiger partial charge in [-0.2, -0.15) is 0 Å². The molecule has 1 fully saturated rings. The molecule has 2 rings (SSSR count). The predicted octanol–water partition coefficient (Wildman–Crippen LogP) is 3.52. The third kappa shape index (κ3) is 2.83. The van der Waals surface area contributed by atoms with E-state index in [1.807, 2.05) is 19.2 Å². The maximum absolute atomic E-state index is 13.1. The molecular formula is C13H17BrFN. The number of hydrogen-bond acceptors (Lipinski definition) is 1. The first-order valence-corrected chi connectivity index (χ1v) is 6.59. The fraction of sp³-hybridized carbons (Fsp3) is 0.538. The lowest BCUT2D eigenvalue weighted by Gasteiger charge is -2.11. The highest BCUT2D eigenvalue weighted by Gasteiger charge is 2.23. The van der Waals surface area contributed by atoms with Gasteiger partial charge in [0, 0.05) is 6.04 Å². The number of halogens is 2. The molecule has 0 amide bonds. The maximum atomic E-state index is 13.1. The lowest BCUT2D eigenvalue weighted by Crippen LogP contribution is -2.21. The van der Waals surface area contributed by atoms with Crippen molar-refractivity contribution in [3.63, 3.8) is 0 Å². The average Bonchev–Trinajstić information content (AvgIpc) is 2.71. The summed E-state index contributed by atoms with van der Waals surface area (Å²) in [6.45, 7) is 0. The van der Waals surface area contributed by atoms with Crippen LogP contribution in [0, 0.1) is 11.7 Å². The van der Waals surface area contributed by atoms with Crippen LogP contribution in [0.2, 0.25) is 0 Å². The van der Waals surface area contributed by atoms with Crippen molar-refractivity contribution in [2.75, 3.05) is 7.05 Å². The van der Waals surface area contributed by atoms with E-state index in [-0.39, 0.29) is 5.82 Å². The third-order valence-electron chi connectivity index (χ3n) is 3.46. The second kappa shape index (κ2) is 5.28. The molecule has 0 heterocycles. The van der Waals surface area contributed by atoms with E-state index in [9.17, 15) is 4.39 Å². The molecule has 0 aromatic heterocycles. The van der Waals surface area contributed by atoms with Gasteiger partial charge in [0.2, 0.25) is 0 Å². The summed E-state index contributed by atoms with van der Waals surface area (Å²) in [5, 5.41) is 3.33. The summed E-state index contributed by atoms with van der Waals surface area (Å²) in [7, 11) is 2.03. The summed E-state index contributed by atoms with van der Waals surface area (Å²) < 4.78 is 13.6. The number of hydrogen-bond donors (Lipinski definition) is 1. The molecule has 1 nitrogen and oxygen atoms in total. The first-order valence-electron chi connectivity index (χ1n) is 5.80. The Labute approximate surface area is 105 Å². The van der Waals surface area contributed by atoms with E-state index >= 15 is 0 Å². The summed E-state index contributed by atoms with van der Waals surface area (Å²) in [6, 6.07) is 6.02. The lowest BCUT2D eigenvalue weighted by molar-refractivity contribution is 0.509. The van der Waals surface area contributed by atoms with Gasteiger partial charge in [0.05, 0.1) is 4.47 Å². The molecule has 1 aromatic carbocycles. The summed E-state index contributed by atoms with van der Waals surface area (Å²) >= 11 is 3.23. The minimum absolute atomic E-state index is 0.178. The van der Waals surface area contributed by atoms with E-state index in [0.29, 0.717) is 10.5 Å². The van der Waals surface area contributed by atoms with Crippen molar-refractivity contribution in [1.82, 2.24) is 5.32 Å². The summed E-state index contributed by atoms with van der Waals surface area (Å²) in [5.41, 5.74) is 1.23. The maximum Gasteiger partial charge on any atom is 0.137 e. The monoisotopic (exact) mass is 285 g/mol.